The second kappa shape index (κ2) is 66.8. The largest absolute Gasteiger partial charge is 0.226 e. The van der Waals surface area contributed by atoms with Crippen molar-refractivity contribution in [1.29, 1.82) is 0 Å². The summed E-state index contributed by atoms with van der Waals surface area (Å²) in [5.41, 5.74) is 27.7. The predicted octanol–water partition coefficient (Wildman–Crippen LogP) is 39.0. The van der Waals surface area contributed by atoms with Crippen molar-refractivity contribution >= 4 is 97.0 Å². The van der Waals surface area contributed by atoms with E-state index in [-0.39, 0.29) is 196 Å². The SMILES string of the molecule is CC.CC.CC.CC.CC.CC.Cc1c(C)c(C)c2c(C)c3c(C)c(C)c(C)c(C)c3c(C)c2c1C.[Y].[Y].[Y].[Y].[Y].[Y].[c-]1ccc2ccccc2c1-c1[c-]c2ccccc2cc1.[c-]1ccccc1-c1[c-]c2ccccc2c2ccccc12.[c-]1ccccc1-c1[c-]c2ccccc2cc1.[c-]1ccccc1-c1[c-]cc2ccccc2c1.[c-]1ccccc1-c1[c-]ccc2ccccc12.[c-]1ccccc1-c1[c-]cccc1. The standard InChI is InChI=1S/C24H30.2C20H12.3C16H10.C12H8.6C2H6.6Y/c1-11-12(2)16(6)22-20(10)24-18(8)14(4)13(3)17(7)23(24)19(9)21(22)15(11)5;1-2-8-17-14-18(13-12-15(17)6-1)20-11-5-9-16-7-3-4-10-19(16)20;1-2-8-15(9-3-1)20-14-16-10-4-5-11-17(16)18-12-6-7-13-19(18)20;1-2-7-13(8-3-1)16-12-6-10-14-9-4-5-11-15(14)16;2*1-2-6-13(7-3-1)16-11-10-14-8-4-5-9-15(14)12-16;1-3-7-11(8-4-1)12-9-5-2-6-10-12;6*1-2;;;;;;/h1-10H3;1-10,12-13H;1-8,10-13H;1-7,9-11H;1-6,8-10,12H;1-6,8-11H;1-7,9H;6*1-2H3;;;;;;/q;6*-2;;;;;;;;;;;;. The maximum atomic E-state index is 3.55. The number of fused-ring (bicyclic) bond motifs is 10. The first-order chi connectivity index (χ1) is 66.7. The first-order valence-electron chi connectivity index (χ1n) is 48.3. The summed E-state index contributed by atoms with van der Waals surface area (Å²) in [6.07, 6.45) is 0. The van der Waals surface area contributed by atoms with Crippen LogP contribution in [0, 0.1) is 142 Å². The third-order valence-electron chi connectivity index (χ3n) is 23.9. The maximum absolute atomic E-state index is 3.55. The Morgan fingerprint density at radius 1 is 0.148 bits per heavy atom. The molecular formula is C136H128Y6-12. The molecule has 0 amide bonds. The third kappa shape index (κ3) is 32.4. The zero-order chi connectivity index (χ0) is 97.4. The van der Waals surface area contributed by atoms with Crippen molar-refractivity contribution in [1.82, 2.24) is 0 Å². The number of rotatable bonds is 6. The van der Waals surface area contributed by atoms with Gasteiger partial charge in [0.25, 0.3) is 0 Å². The second-order valence-corrected chi connectivity index (χ2v) is 31.3. The fourth-order valence-electron chi connectivity index (χ4n) is 16.9. The number of hydrogen-bond acceptors (Lipinski definition) is 0. The van der Waals surface area contributed by atoms with Gasteiger partial charge in [0.15, 0.2) is 0 Å². The topological polar surface area (TPSA) is 0 Å². The van der Waals surface area contributed by atoms with Crippen LogP contribution in [-0.2, 0) is 196 Å². The van der Waals surface area contributed by atoms with Gasteiger partial charge in [-0.05, 0) is 146 Å². The van der Waals surface area contributed by atoms with Crippen molar-refractivity contribution in [3.8, 4) is 66.8 Å². The van der Waals surface area contributed by atoms with E-state index in [0.29, 0.717) is 0 Å². The molecule has 0 heterocycles. The van der Waals surface area contributed by atoms with E-state index in [1.54, 1.807) is 0 Å². The van der Waals surface area contributed by atoms with Gasteiger partial charge in [0.2, 0.25) is 0 Å². The first-order valence-corrected chi connectivity index (χ1v) is 48.3. The average Bonchev–Trinajstić information content (AvgIpc) is 0.711. The van der Waals surface area contributed by atoms with E-state index in [4.69, 9.17) is 0 Å². The van der Waals surface area contributed by atoms with Gasteiger partial charge < -0.3 is 0 Å². The van der Waals surface area contributed by atoms with Crippen molar-refractivity contribution in [2.45, 2.75) is 152 Å². The zero-order valence-electron chi connectivity index (χ0n) is 87.3. The zero-order valence-corrected chi connectivity index (χ0v) is 104. The molecule has 0 fully saturated rings. The van der Waals surface area contributed by atoms with E-state index in [0.717, 1.165) is 82.9 Å². The molecule has 0 aromatic heterocycles. The number of aryl methyl sites for hydroxylation is 6. The molecule has 0 saturated heterocycles. The summed E-state index contributed by atoms with van der Waals surface area (Å²) < 4.78 is 0. The maximum Gasteiger partial charge on any atom is 0 e. The summed E-state index contributed by atoms with van der Waals surface area (Å²) in [5, 5.41) is 23.0. The average molecular weight is 2300 g/mol. The molecule has 0 aliphatic carbocycles. The summed E-state index contributed by atoms with van der Waals surface area (Å²) in [5.74, 6) is 0. The Morgan fingerprint density at radius 3 is 0.803 bits per heavy atom. The van der Waals surface area contributed by atoms with Gasteiger partial charge in [0, 0.05) is 196 Å². The molecule has 142 heavy (non-hydrogen) atoms. The Kier molecular flexibility index (Phi) is 59.3. The molecule has 702 valence electrons. The van der Waals surface area contributed by atoms with E-state index in [9.17, 15) is 0 Å². The monoisotopic (exact) mass is 2290 g/mol. The molecule has 0 N–H and O–H groups in total. The minimum absolute atomic E-state index is 0. The molecule has 0 nitrogen and oxygen atoms in total. The molecule has 6 radical (unpaired) electrons. The van der Waals surface area contributed by atoms with Crippen molar-refractivity contribution in [3.05, 3.63) is 505 Å². The molecule has 6 heteroatoms. The van der Waals surface area contributed by atoms with Crippen molar-refractivity contribution in [2.75, 3.05) is 0 Å². The van der Waals surface area contributed by atoms with Gasteiger partial charge in [-0.1, -0.05) is 244 Å². The molecule has 0 saturated carbocycles. The molecule has 0 bridgehead atoms. The summed E-state index contributed by atoms with van der Waals surface area (Å²) in [6, 6.07) is 167. The van der Waals surface area contributed by atoms with E-state index in [2.05, 4.69) is 360 Å². The van der Waals surface area contributed by atoms with E-state index < -0.39 is 0 Å². The Hall–Kier alpha value is -8.20. The van der Waals surface area contributed by atoms with E-state index in [1.165, 1.54) is 136 Å². The summed E-state index contributed by atoms with van der Waals surface area (Å²) >= 11 is 0. The van der Waals surface area contributed by atoms with Gasteiger partial charge in [-0.2, -0.15) is 229 Å². The number of benzene rings is 22. The molecule has 0 atom stereocenters. The molecule has 22 aromatic carbocycles. The fraction of sp³-hybridized carbons (Fsp3) is 0.162. The molecule has 0 unspecified atom stereocenters. The predicted molar refractivity (Wildman–Crippen MR) is 597 cm³/mol. The molecule has 22 rings (SSSR count). The quantitative estimate of drug-likeness (QED) is 0.0884. The summed E-state index contributed by atoms with van der Waals surface area (Å²) in [7, 11) is 0. The Bertz CT molecular complexity index is 7170. The smallest absolute Gasteiger partial charge is 0 e. The van der Waals surface area contributed by atoms with Crippen LogP contribution in [0.4, 0.5) is 0 Å². The second-order valence-electron chi connectivity index (χ2n) is 31.3. The number of hydrogen-bond donors (Lipinski definition) is 0. The summed E-state index contributed by atoms with van der Waals surface area (Å²) in [4.78, 5) is 0. The van der Waals surface area contributed by atoms with Crippen molar-refractivity contribution in [3.63, 3.8) is 0 Å². The molecule has 0 spiro atoms. The Morgan fingerprint density at radius 2 is 0.423 bits per heavy atom. The molecular weight excluding hydrogens is 2170 g/mol. The van der Waals surface area contributed by atoms with Crippen LogP contribution in [0.25, 0.3) is 164 Å². The van der Waals surface area contributed by atoms with Crippen LogP contribution in [0.15, 0.2) is 376 Å². The molecule has 0 aliphatic heterocycles. The van der Waals surface area contributed by atoms with Gasteiger partial charge in [-0.25, -0.2) is 50.1 Å². The Labute approximate surface area is 1000 Å². The minimum atomic E-state index is 0. The van der Waals surface area contributed by atoms with E-state index in [1.807, 2.05) is 241 Å². The van der Waals surface area contributed by atoms with Crippen LogP contribution >= 0.6 is 0 Å². The third-order valence-corrected chi connectivity index (χ3v) is 23.9. The van der Waals surface area contributed by atoms with Crippen LogP contribution in [0.2, 0.25) is 0 Å². The van der Waals surface area contributed by atoms with Crippen LogP contribution in [-0.4, -0.2) is 0 Å². The normalized spacial score (nSPS) is 9.70. The van der Waals surface area contributed by atoms with Gasteiger partial charge in [-0.3, -0.25) is 0 Å². The fourth-order valence-corrected chi connectivity index (χ4v) is 16.9. The van der Waals surface area contributed by atoms with Crippen LogP contribution in [0.3, 0.4) is 0 Å². The van der Waals surface area contributed by atoms with Crippen LogP contribution < -0.4 is 0 Å². The minimum Gasteiger partial charge on any atom is -0.226 e. The summed E-state index contributed by atoms with van der Waals surface area (Å²) in [6.45, 7) is 46.9. The van der Waals surface area contributed by atoms with Crippen molar-refractivity contribution in [2.24, 2.45) is 0 Å². The molecule has 22 aromatic rings. The van der Waals surface area contributed by atoms with Crippen LogP contribution in [0.5, 0.6) is 0 Å². The van der Waals surface area contributed by atoms with Gasteiger partial charge >= 0.3 is 0 Å². The van der Waals surface area contributed by atoms with Crippen molar-refractivity contribution < 1.29 is 196 Å². The van der Waals surface area contributed by atoms with E-state index >= 15 is 0 Å². The van der Waals surface area contributed by atoms with Gasteiger partial charge in [-0.15, -0.1) is 151 Å². The van der Waals surface area contributed by atoms with Crippen LogP contribution in [0.1, 0.15) is 139 Å². The Balaban J connectivity index is 0.000000339. The molecule has 0 aliphatic rings. The van der Waals surface area contributed by atoms with Gasteiger partial charge in [0.05, 0.1) is 0 Å². The van der Waals surface area contributed by atoms with Gasteiger partial charge in [0.1, 0.15) is 0 Å². The first kappa shape index (κ1) is 126.